The number of hydrogen-bond acceptors (Lipinski definition) is 8. The molecule has 10 nitrogen and oxygen atoms in total. The van der Waals surface area contributed by atoms with Crippen molar-refractivity contribution in [1.82, 2.24) is 24.6 Å². The highest BCUT2D eigenvalue weighted by atomic mass is 35.5. The van der Waals surface area contributed by atoms with Gasteiger partial charge in [-0.3, -0.25) is 9.48 Å². The van der Waals surface area contributed by atoms with E-state index in [0.29, 0.717) is 36.6 Å². The largest absolute Gasteiger partial charge is 0.467 e. The number of carbonyl (C=O) groups excluding carboxylic acids is 1. The molecule has 2 aliphatic rings. The average Bonchev–Trinajstić information content (AvgIpc) is 3.08. The lowest BCUT2D eigenvalue weighted by molar-refractivity contribution is -0.140. The number of fused-ring (bicyclic) bond motifs is 2. The normalized spacial score (nSPS) is 17.1. The van der Waals surface area contributed by atoms with Crippen LogP contribution in [-0.4, -0.2) is 58.3 Å². The molecule has 0 aliphatic carbocycles. The second kappa shape index (κ2) is 10.6. The number of benzene rings is 1. The average molecular weight is 602 g/mol. The smallest absolute Gasteiger partial charge is 0.416 e. The van der Waals surface area contributed by atoms with Crippen LogP contribution in [0.4, 0.5) is 33.5 Å². The van der Waals surface area contributed by atoms with Crippen LogP contribution < -0.4 is 15.4 Å². The molecule has 1 aromatic carbocycles. The first kappa shape index (κ1) is 28.8. The SMILES string of the molecule is COc1nc2c(c(N3CCCn4nc(C(=O)N(C)C)c(Cl)c4C3)n1)COC(c1c(C(F)(F)F)cc(F)c(N)c1F)C2. The van der Waals surface area contributed by atoms with Crippen LogP contribution >= 0.6 is 11.6 Å². The number of carbonyl (C=O) groups is 1. The van der Waals surface area contributed by atoms with E-state index in [4.69, 9.17) is 26.8 Å². The second-order valence-electron chi connectivity index (χ2n) is 9.82. The molecule has 2 aromatic heterocycles. The van der Waals surface area contributed by atoms with Crippen molar-refractivity contribution in [2.75, 3.05) is 38.4 Å². The van der Waals surface area contributed by atoms with Gasteiger partial charge in [-0.25, -0.2) is 8.78 Å². The Bertz CT molecular complexity index is 1530. The first-order valence-corrected chi connectivity index (χ1v) is 12.8. The molecule has 0 radical (unpaired) electrons. The highest BCUT2D eigenvalue weighted by molar-refractivity contribution is 6.34. The van der Waals surface area contributed by atoms with Gasteiger partial charge in [-0.1, -0.05) is 11.6 Å². The van der Waals surface area contributed by atoms with Crippen LogP contribution in [0.15, 0.2) is 6.07 Å². The Kier molecular flexibility index (Phi) is 7.44. The summed E-state index contributed by atoms with van der Waals surface area (Å²) in [5.41, 5.74) is 3.37. The maximum Gasteiger partial charge on any atom is 0.416 e. The van der Waals surface area contributed by atoms with Gasteiger partial charge in [0.2, 0.25) is 0 Å². The third-order valence-electron chi connectivity index (χ3n) is 7.00. The quantitative estimate of drug-likeness (QED) is 0.351. The predicted molar refractivity (Wildman–Crippen MR) is 137 cm³/mol. The minimum Gasteiger partial charge on any atom is -0.467 e. The predicted octanol–water partition coefficient (Wildman–Crippen LogP) is 4.14. The van der Waals surface area contributed by atoms with Gasteiger partial charge in [-0.05, 0) is 12.5 Å². The van der Waals surface area contributed by atoms with Crippen molar-refractivity contribution in [1.29, 1.82) is 0 Å². The van der Waals surface area contributed by atoms with Crippen LogP contribution in [0.25, 0.3) is 0 Å². The van der Waals surface area contributed by atoms with Crippen molar-refractivity contribution in [3.8, 4) is 6.01 Å². The number of aryl methyl sites for hydroxylation is 1. The van der Waals surface area contributed by atoms with Crippen molar-refractivity contribution in [2.45, 2.75) is 44.8 Å². The van der Waals surface area contributed by atoms with Crippen LogP contribution in [0.1, 0.15) is 51.1 Å². The topological polar surface area (TPSA) is 112 Å². The summed E-state index contributed by atoms with van der Waals surface area (Å²) in [5, 5.41) is 4.59. The fourth-order valence-electron chi connectivity index (χ4n) is 4.98. The van der Waals surface area contributed by atoms with Gasteiger partial charge in [0.15, 0.2) is 11.5 Å². The minimum atomic E-state index is -5.07. The lowest BCUT2D eigenvalue weighted by atomic mass is 9.93. The molecule has 0 saturated carbocycles. The second-order valence-corrected chi connectivity index (χ2v) is 10.2. The molecule has 5 rings (SSSR count). The van der Waals surface area contributed by atoms with Crippen LogP contribution in [-0.2, 0) is 37.0 Å². The lowest BCUT2D eigenvalue weighted by Crippen LogP contribution is -2.29. The molecule has 0 fully saturated rings. The zero-order valence-electron chi connectivity index (χ0n) is 22.2. The Labute approximate surface area is 235 Å². The van der Waals surface area contributed by atoms with Crippen LogP contribution in [0.2, 0.25) is 5.02 Å². The molecule has 2 N–H and O–H groups in total. The maximum atomic E-state index is 15.0. The molecule has 1 unspecified atom stereocenters. The molecule has 1 atom stereocenters. The van der Waals surface area contributed by atoms with E-state index in [1.54, 1.807) is 18.8 Å². The molecule has 41 heavy (non-hydrogen) atoms. The number of methoxy groups -OCH3 is 1. The minimum absolute atomic E-state index is 0.0677. The summed E-state index contributed by atoms with van der Waals surface area (Å²) in [5.74, 6) is -3.03. The Morgan fingerprint density at radius 2 is 1.98 bits per heavy atom. The van der Waals surface area contributed by atoms with Crippen LogP contribution in [0.5, 0.6) is 6.01 Å². The van der Waals surface area contributed by atoms with Gasteiger partial charge in [0.1, 0.15) is 17.3 Å². The van der Waals surface area contributed by atoms with Crippen molar-refractivity contribution >= 4 is 29.0 Å². The number of hydrogen-bond donors (Lipinski definition) is 1. The summed E-state index contributed by atoms with van der Waals surface area (Å²) in [6.45, 7) is 0.875. The summed E-state index contributed by atoms with van der Waals surface area (Å²) >= 11 is 6.58. The Morgan fingerprint density at radius 3 is 2.63 bits per heavy atom. The summed E-state index contributed by atoms with van der Waals surface area (Å²) in [7, 11) is 4.51. The number of alkyl halides is 3. The Morgan fingerprint density at radius 1 is 1.24 bits per heavy atom. The Balaban J connectivity index is 1.54. The number of nitrogens with zero attached hydrogens (tertiary/aromatic N) is 6. The number of ether oxygens (including phenoxy) is 2. The van der Waals surface area contributed by atoms with Gasteiger partial charge in [0.05, 0.1) is 48.3 Å². The van der Waals surface area contributed by atoms with E-state index in [1.165, 1.54) is 12.0 Å². The summed E-state index contributed by atoms with van der Waals surface area (Å²) in [6.07, 6.45) is -6.22. The van der Waals surface area contributed by atoms with Crippen LogP contribution in [0.3, 0.4) is 0 Å². The molecule has 220 valence electrons. The van der Waals surface area contributed by atoms with E-state index in [9.17, 15) is 22.4 Å². The van der Waals surface area contributed by atoms with E-state index in [2.05, 4.69) is 15.1 Å². The number of anilines is 2. The number of aromatic nitrogens is 4. The molecule has 16 heteroatoms. The zero-order valence-corrected chi connectivity index (χ0v) is 22.9. The maximum absolute atomic E-state index is 15.0. The van der Waals surface area contributed by atoms with Gasteiger partial charge < -0.3 is 25.0 Å². The van der Waals surface area contributed by atoms with E-state index >= 15 is 4.39 Å². The van der Waals surface area contributed by atoms with Crippen molar-refractivity contribution in [3.05, 3.63) is 56.5 Å². The zero-order chi connectivity index (χ0) is 29.8. The molecule has 2 aliphatic heterocycles. The molecular formula is C25H25ClF5N7O3. The first-order chi connectivity index (χ1) is 19.3. The van der Waals surface area contributed by atoms with Gasteiger partial charge in [-0.2, -0.15) is 28.2 Å². The fraction of sp³-hybridized carbons (Fsp3) is 0.440. The molecule has 0 saturated heterocycles. The monoisotopic (exact) mass is 601 g/mol. The molecule has 3 aromatic rings. The van der Waals surface area contributed by atoms with Crippen LogP contribution in [0, 0.1) is 11.6 Å². The third kappa shape index (κ3) is 5.12. The molecule has 0 bridgehead atoms. The fourth-order valence-corrected chi connectivity index (χ4v) is 5.26. The van der Waals surface area contributed by atoms with Crippen molar-refractivity contribution < 1.29 is 36.2 Å². The highest BCUT2D eigenvalue weighted by Crippen LogP contribution is 2.44. The van der Waals surface area contributed by atoms with E-state index in [1.807, 2.05) is 4.90 Å². The highest BCUT2D eigenvalue weighted by Gasteiger charge is 2.41. The summed E-state index contributed by atoms with van der Waals surface area (Å²) < 4.78 is 83.0. The van der Waals surface area contributed by atoms with Gasteiger partial charge >= 0.3 is 12.2 Å². The number of amides is 1. The van der Waals surface area contributed by atoms with E-state index in [-0.39, 0.29) is 54.0 Å². The first-order valence-electron chi connectivity index (χ1n) is 12.4. The Hall–Kier alpha value is -3.72. The summed E-state index contributed by atoms with van der Waals surface area (Å²) in [4.78, 5) is 24.6. The number of nitrogen functional groups attached to an aromatic ring is 1. The number of nitrogens with two attached hydrogens (primary N) is 1. The summed E-state index contributed by atoms with van der Waals surface area (Å²) in [6, 6.07) is 0.0970. The molecular weight excluding hydrogens is 577 g/mol. The van der Waals surface area contributed by atoms with Gasteiger partial charge in [0, 0.05) is 44.7 Å². The number of halogens is 6. The van der Waals surface area contributed by atoms with Crippen molar-refractivity contribution in [2.24, 2.45) is 0 Å². The van der Waals surface area contributed by atoms with Gasteiger partial charge in [0.25, 0.3) is 5.91 Å². The molecule has 1 amide bonds. The third-order valence-corrected chi connectivity index (χ3v) is 7.40. The lowest BCUT2D eigenvalue weighted by Gasteiger charge is -2.31. The standard InChI is InChI=1S/C25H25ClF5N7O3/c1-36(2)23(39)21-18(26)15-9-37(5-4-6-38(15)35-21)22-11-10-41-16(8-14(11)33-24(34-22)40-3)17-12(25(29,30)31)7-13(27)20(32)19(17)28/h7,16H,4-6,8-10,32H2,1-3H3. The van der Waals surface area contributed by atoms with E-state index in [0.717, 1.165) is 0 Å². The molecule has 0 spiro atoms. The molecule has 4 heterocycles. The van der Waals surface area contributed by atoms with Gasteiger partial charge in [-0.15, -0.1) is 0 Å². The number of rotatable bonds is 4. The van der Waals surface area contributed by atoms with E-state index < -0.39 is 40.7 Å². The van der Waals surface area contributed by atoms with Crippen molar-refractivity contribution in [3.63, 3.8) is 0 Å².